The number of methoxy groups -OCH3 is 1. The second-order valence-corrected chi connectivity index (χ2v) is 5.60. The molecule has 0 aromatic heterocycles. The molecular weight excluding hydrogens is 256 g/mol. The topological polar surface area (TPSA) is 102 Å². The molecule has 4 N–H and O–H groups in total. The van der Waals surface area contributed by atoms with E-state index in [-0.39, 0.29) is 23.8 Å². The molecule has 3 atom stereocenters. The van der Waals surface area contributed by atoms with E-state index in [2.05, 4.69) is 10.1 Å². The lowest BCUT2D eigenvalue weighted by Gasteiger charge is -2.19. The van der Waals surface area contributed by atoms with Gasteiger partial charge in [-0.25, -0.2) is 4.79 Å². The number of carboxylic acid groups (broad SMARTS) is 1. The lowest BCUT2D eigenvalue weighted by Crippen LogP contribution is -2.49. The van der Waals surface area contributed by atoms with Crippen LogP contribution in [-0.2, 0) is 9.53 Å². The fraction of sp³-hybridized carbons (Fsp3) is 0.818. The molecule has 1 aliphatic heterocycles. The molecule has 0 radical (unpaired) electrons. The fourth-order valence-electron chi connectivity index (χ4n) is 1.95. The maximum Gasteiger partial charge on any atom is 0.407 e. The van der Waals surface area contributed by atoms with Crippen LogP contribution in [-0.4, -0.2) is 47.4 Å². The Balaban J connectivity index is 2.24. The molecule has 0 spiro atoms. The largest absolute Gasteiger partial charge is 0.481 e. The second-order valence-electron chi connectivity index (χ2n) is 4.33. The van der Waals surface area contributed by atoms with E-state index in [4.69, 9.17) is 10.8 Å². The van der Waals surface area contributed by atoms with Crippen molar-refractivity contribution >= 4 is 23.8 Å². The molecule has 0 aromatic rings. The Kier molecular flexibility index (Phi) is 6.28. The zero-order chi connectivity index (χ0) is 13.5. The van der Waals surface area contributed by atoms with Crippen LogP contribution in [0.4, 0.5) is 4.79 Å². The first kappa shape index (κ1) is 15.1. The van der Waals surface area contributed by atoms with Crippen LogP contribution in [0.25, 0.3) is 0 Å². The van der Waals surface area contributed by atoms with Gasteiger partial charge in [0, 0.05) is 23.5 Å². The number of hydrogen-bond acceptors (Lipinski definition) is 5. The van der Waals surface area contributed by atoms with Gasteiger partial charge in [-0.1, -0.05) is 6.42 Å². The number of hydrogen-bond donors (Lipinski definition) is 3. The van der Waals surface area contributed by atoms with Gasteiger partial charge in [0.25, 0.3) is 0 Å². The van der Waals surface area contributed by atoms with Crippen LogP contribution in [0.2, 0.25) is 0 Å². The molecule has 1 fully saturated rings. The van der Waals surface area contributed by atoms with Crippen molar-refractivity contribution in [2.75, 3.05) is 12.9 Å². The van der Waals surface area contributed by atoms with E-state index in [0.717, 1.165) is 18.6 Å². The van der Waals surface area contributed by atoms with E-state index in [9.17, 15) is 9.59 Å². The van der Waals surface area contributed by atoms with Gasteiger partial charge < -0.3 is 20.9 Å². The highest BCUT2D eigenvalue weighted by molar-refractivity contribution is 8.00. The Morgan fingerprint density at radius 1 is 1.50 bits per heavy atom. The lowest BCUT2D eigenvalue weighted by molar-refractivity contribution is -0.137. The maximum absolute atomic E-state index is 11.1. The summed E-state index contributed by atoms with van der Waals surface area (Å²) in [6.07, 6.45) is 2.16. The van der Waals surface area contributed by atoms with Gasteiger partial charge in [0.05, 0.1) is 13.2 Å². The Bertz CT molecular complexity index is 301. The monoisotopic (exact) mass is 276 g/mol. The zero-order valence-electron chi connectivity index (χ0n) is 10.4. The molecule has 0 aliphatic carbocycles. The summed E-state index contributed by atoms with van der Waals surface area (Å²) in [6.45, 7) is 0. The zero-order valence-corrected chi connectivity index (χ0v) is 11.2. The fourth-order valence-corrected chi connectivity index (χ4v) is 3.46. The van der Waals surface area contributed by atoms with Gasteiger partial charge in [-0.3, -0.25) is 4.79 Å². The number of amides is 1. The maximum atomic E-state index is 11.1. The Labute approximate surface area is 111 Å². The summed E-state index contributed by atoms with van der Waals surface area (Å²) in [5, 5.41) is 11.5. The molecule has 1 aliphatic rings. The minimum Gasteiger partial charge on any atom is -0.481 e. The van der Waals surface area contributed by atoms with E-state index in [1.807, 2.05) is 0 Å². The average molecular weight is 276 g/mol. The highest BCUT2D eigenvalue weighted by Gasteiger charge is 2.34. The molecule has 18 heavy (non-hydrogen) atoms. The van der Waals surface area contributed by atoms with Gasteiger partial charge in [-0.15, -0.1) is 0 Å². The van der Waals surface area contributed by atoms with Crippen LogP contribution in [0.15, 0.2) is 0 Å². The number of rotatable bonds is 6. The first-order valence-corrected chi connectivity index (χ1v) is 7.03. The van der Waals surface area contributed by atoms with Crippen LogP contribution < -0.4 is 11.1 Å². The third-order valence-corrected chi connectivity index (χ3v) is 4.53. The van der Waals surface area contributed by atoms with Gasteiger partial charge in [0.2, 0.25) is 0 Å². The molecule has 1 heterocycles. The highest BCUT2D eigenvalue weighted by Crippen LogP contribution is 2.30. The Hall–Kier alpha value is -0.950. The number of nitrogens with two attached hydrogens (primary N) is 1. The summed E-state index contributed by atoms with van der Waals surface area (Å²) in [5.74, 6) is 0.0171. The van der Waals surface area contributed by atoms with Gasteiger partial charge in [0.15, 0.2) is 0 Å². The summed E-state index contributed by atoms with van der Waals surface area (Å²) in [5.41, 5.74) is 6.06. The third kappa shape index (κ3) is 4.73. The SMILES string of the molecule is COC(=O)NC1CSC(CCCCC(=O)O)C1N. The van der Waals surface area contributed by atoms with Crippen molar-refractivity contribution in [3.8, 4) is 0 Å². The minimum absolute atomic E-state index is 0.0630. The normalized spacial score (nSPS) is 26.9. The summed E-state index contributed by atoms with van der Waals surface area (Å²) in [4.78, 5) is 21.5. The molecule has 3 unspecified atom stereocenters. The number of aliphatic carboxylic acids is 1. The molecule has 1 saturated heterocycles. The quantitative estimate of drug-likeness (QED) is 0.620. The summed E-state index contributed by atoms with van der Waals surface area (Å²) in [6, 6.07) is -0.161. The number of carboxylic acids is 1. The van der Waals surface area contributed by atoms with Crippen molar-refractivity contribution in [3.63, 3.8) is 0 Å². The molecule has 104 valence electrons. The molecule has 0 aromatic carbocycles. The van der Waals surface area contributed by atoms with Gasteiger partial charge in [-0.2, -0.15) is 11.8 Å². The first-order valence-electron chi connectivity index (χ1n) is 5.98. The Morgan fingerprint density at radius 3 is 2.83 bits per heavy atom. The Morgan fingerprint density at radius 2 is 2.22 bits per heavy atom. The standard InChI is InChI=1S/C11H20N2O4S/c1-17-11(16)13-7-6-18-8(10(7)12)4-2-3-5-9(14)15/h7-8,10H,2-6,12H2,1H3,(H,13,16)(H,14,15). The highest BCUT2D eigenvalue weighted by atomic mass is 32.2. The molecule has 0 saturated carbocycles. The molecule has 7 heteroatoms. The number of ether oxygens (including phenoxy) is 1. The smallest absolute Gasteiger partial charge is 0.407 e. The number of nitrogens with one attached hydrogen (secondary N) is 1. The van der Waals surface area contributed by atoms with Crippen molar-refractivity contribution in [2.24, 2.45) is 5.73 Å². The second kappa shape index (κ2) is 7.48. The third-order valence-electron chi connectivity index (χ3n) is 3.00. The van der Waals surface area contributed by atoms with Crippen LogP contribution >= 0.6 is 11.8 Å². The summed E-state index contributed by atoms with van der Waals surface area (Å²) in [7, 11) is 1.33. The van der Waals surface area contributed by atoms with E-state index in [0.29, 0.717) is 6.42 Å². The molecule has 1 rings (SSSR count). The molecule has 0 bridgehead atoms. The van der Waals surface area contributed by atoms with Crippen LogP contribution in [0.1, 0.15) is 25.7 Å². The average Bonchev–Trinajstić information content (AvgIpc) is 2.66. The number of carbonyl (C=O) groups is 2. The van der Waals surface area contributed by atoms with E-state index < -0.39 is 12.1 Å². The lowest BCUT2D eigenvalue weighted by atomic mass is 10.0. The van der Waals surface area contributed by atoms with Crippen molar-refractivity contribution < 1.29 is 19.4 Å². The minimum atomic E-state index is -0.761. The van der Waals surface area contributed by atoms with E-state index >= 15 is 0 Å². The van der Waals surface area contributed by atoms with Crippen molar-refractivity contribution in [2.45, 2.75) is 43.0 Å². The van der Waals surface area contributed by atoms with Crippen molar-refractivity contribution in [3.05, 3.63) is 0 Å². The first-order chi connectivity index (χ1) is 8.54. The van der Waals surface area contributed by atoms with Crippen LogP contribution in [0.5, 0.6) is 0 Å². The summed E-state index contributed by atoms with van der Waals surface area (Å²) >= 11 is 1.73. The molecule has 1 amide bonds. The van der Waals surface area contributed by atoms with E-state index in [1.165, 1.54) is 7.11 Å². The van der Waals surface area contributed by atoms with Gasteiger partial charge >= 0.3 is 12.1 Å². The predicted octanol–water partition coefficient (Wildman–Crippen LogP) is 0.799. The van der Waals surface area contributed by atoms with Gasteiger partial charge in [0.1, 0.15) is 0 Å². The number of alkyl carbamates (subject to hydrolysis) is 1. The number of unbranched alkanes of at least 4 members (excludes halogenated alkanes) is 1. The van der Waals surface area contributed by atoms with Crippen molar-refractivity contribution in [1.82, 2.24) is 5.32 Å². The predicted molar refractivity (Wildman–Crippen MR) is 69.7 cm³/mol. The van der Waals surface area contributed by atoms with Crippen LogP contribution in [0, 0.1) is 0 Å². The van der Waals surface area contributed by atoms with Crippen molar-refractivity contribution in [1.29, 1.82) is 0 Å². The molecular formula is C11H20N2O4S. The van der Waals surface area contributed by atoms with Gasteiger partial charge in [-0.05, 0) is 12.8 Å². The summed E-state index contributed by atoms with van der Waals surface area (Å²) < 4.78 is 4.54. The van der Waals surface area contributed by atoms with E-state index in [1.54, 1.807) is 11.8 Å². The number of thioether (sulfide) groups is 1. The molecule has 6 nitrogen and oxygen atoms in total. The van der Waals surface area contributed by atoms with Crippen LogP contribution in [0.3, 0.4) is 0 Å². The number of carbonyl (C=O) groups excluding carboxylic acids is 1.